The number of likely N-dealkylation sites (N-methyl/N-ethyl adjacent to an activating group) is 1. The highest BCUT2D eigenvalue weighted by Gasteiger charge is 2.43. The zero-order chi connectivity index (χ0) is 15.8. The fraction of sp³-hybridized carbons (Fsp3) is 0.812. The molecule has 4 rings (SSSR count). The van der Waals surface area contributed by atoms with E-state index in [9.17, 15) is 4.79 Å². The number of aromatic nitrogens is 3. The molecule has 7 nitrogen and oxygen atoms in total. The molecule has 3 aliphatic heterocycles. The van der Waals surface area contributed by atoms with E-state index in [1.165, 1.54) is 0 Å². The van der Waals surface area contributed by atoms with E-state index in [0.717, 1.165) is 45.5 Å². The Morgan fingerprint density at radius 1 is 1.39 bits per heavy atom. The van der Waals surface area contributed by atoms with Crippen molar-refractivity contribution in [3.63, 3.8) is 0 Å². The fourth-order valence-electron chi connectivity index (χ4n) is 4.51. The standard InChI is InChI=1S/C16H25N5O2/c1-19-14(8-21-11-17-10-18-21)6-13-7-20(4-2-15(13)19)16(22)12-3-5-23-9-12/h10-15H,2-9H2,1H3/t12?,13-,14+,15+/m0/s1. The summed E-state index contributed by atoms with van der Waals surface area (Å²) in [6.07, 6.45) is 6.47. The number of hydrogen-bond donors (Lipinski definition) is 0. The maximum atomic E-state index is 12.6. The second kappa shape index (κ2) is 6.20. The molecule has 4 heterocycles. The highest BCUT2D eigenvalue weighted by molar-refractivity contribution is 5.79. The van der Waals surface area contributed by atoms with Gasteiger partial charge in [-0.05, 0) is 32.2 Å². The van der Waals surface area contributed by atoms with Gasteiger partial charge < -0.3 is 9.64 Å². The van der Waals surface area contributed by atoms with E-state index in [1.54, 1.807) is 12.7 Å². The molecule has 0 bridgehead atoms. The number of nitrogens with zero attached hydrogens (tertiary/aromatic N) is 5. The van der Waals surface area contributed by atoms with Gasteiger partial charge in [-0.15, -0.1) is 0 Å². The molecule has 126 valence electrons. The SMILES string of the molecule is CN1[C@@H](Cn2cncn2)C[C@H]2CN(C(=O)C3CCOC3)CC[C@H]21. The predicted molar refractivity (Wildman–Crippen MR) is 83.6 cm³/mol. The molecule has 0 N–H and O–H groups in total. The van der Waals surface area contributed by atoms with Crippen molar-refractivity contribution in [2.24, 2.45) is 11.8 Å². The third-order valence-electron chi connectivity index (χ3n) is 5.82. The lowest BCUT2D eigenvalue weighted by molar-refractivity contribution is -0.137. The molecule has 3 aliphatic rings. The van der Waals surface area contributed by atoms with Crippen molar-refractivity contribution in [3.8, 4) is 0 Å². The van der Waals surface area contributed by atoms with Gasteiger partial charge in [-0.3, -0.25) is 14.4 Å². The predicted octanol–water partition coefficient (Wildman–Crippen LogP) is 0.236. The van der Waals surface area contributed by atoms with E-state index in [2.05, 4.69) is 26.9 Å². The first-order valence-corrected chi connectivity index (χ1v) is 8.63. The Morgan fingerprint density at radius 2 is 2.30 bits per heavy atom. The molecule has 3 saturated heterocycles. The summed E-state index contributed by atoms with van der Waals surface area (Å²) in [7, 11) is 2.22. The van der Waals surface area contributed by atoms with Crippen molar-refractivity contribution in [3.05, 3.63) is 12.7 Å². The maximum Gasteiger partial charge on any atom is 0.228 e. The maximum absolute atomic E-state index is 12.6. The van der Waals surface area contributed by atoms with Crippen molar-refractivity contribution in [1.82, 2.24) is 24.6 Å². The average molecular weight is 319 g/mol. The zero-order valence-electron chi connectivity index (χ0n) is 13.7. The summed E-state index contributed by atoms with van der Waals surface area (Å²) in [6.45, 7) is 4.01. The normalized spacial score (nSPS) is 34.7. The van der Waals surface area contributed by atoms with E-state index >= 15 is 0 Å². The molecule has 1 aromatic heterocycles. The number of fused-ring (bicyclic) bond motifs is 1. The van der Waals surface area contributed by atoms with Gasteiger partial charge in [0, 0.05) is 31.8 Å². The summed E-state index contributed by atoms with van der Waals surface area (Å²) in [6, 6.07) is 1.07. The highest BCUT2D eigenvalue weighted by atomic mass is 16.5. The second-order valence-electron chi connectivity index (χ2n) is 7.13. The zero-order valence-corrected chi connectivity index (χ0v) is 13.7. The number of carbonyl (C=O) groups excluding carboxylic acids is 1. The fourth-order valence-corrected chi connectivity index (χ4v) is 4.51. The number of likely N-dealkylation sites (tertiary alicyclic amines) is 2. The van der Waals surface area contributed by atoms with Crippen LogP contribution in [0.1, 0.15) is 19.3 Å². The Kier molecular flexibility index (Phi) is 4.07. The summed E-state index contributed by atoms with van der Waals surface area (Å²) in [4.78, 5) is 21.2. The van der Waals surface area contributed by atoms with E-state index in [4.69, 9.17) is 4.74 Å². The van der Waals surface area contributed by atoms with Crippen LogP contribution in [-0.2, 0) is 16.1 Å². The molecule has 4 atom stereocenters. The third kappa shape index (κ3) is 2.87. The first-order valence-electron chi connectivity index (χ1n) is 8.63. The molecule has 7 heteroatoms. The number of ether oxygens (including phenoxy) is 1. The average Bonchev–Trinajstić information content (AvgIpc) is 3.30. The number of amides is 1. The molecule has 23 heavy (non-hydrogen) atoms. The monoisotopic (exact) mass is 319 g/mol. The minimum Gasteiger partial charge on any atom is -0.381 e. The van der Waals surface area contributed by atoms with Crippen LogP contribution in [0.15, 0.2) is 12.7 Å². The minimum atomic E-state index is 0.0941. The van der Waals surface area contributed by atoms with Gasteiger partial charge in [-0.2, -0.15) is 5.10 Å². The molecule has 1 unspecified atom stereocenters. The van der Waals surface area contributed by atoms with E-state index in [0.29, 0.717) is 30.5 Å². The molecule has 3 fully saturated rings. The van der Waals surface area contributed by atoms with Gasteiger partial charge in [0.25, 0.3) is 0 Å². The number of carbonyl (C=O) groups is 1. The van der Waals surface area contributed by atoms with E-state index in [-0.39, 0.29) is 5.92 Å². The number of piperidine rings is 1. The molecule has 0 aromatic carbocycles. The Bertz CT molecular complexity index is 543. The Balaban J connectivity index is 1.38. The Morgan fingerprint density at radius 3 is 3.04 bits per heavy atom. The summed E-state index contributed by atoms with van der Waals surface area (Å²) in [5.74, 6) is 0.980. The van der Waals surface area contributed by atoms with Crippen LogP contribution in [0, 0.1) is 11.8 Å². The lowest BCUT2D eigenvalue weighted by Crippen LogP contribution is -2.49. The highest BCUT2D eigenvalue weighted by Crippen LogP contribution is 2.35. The van der Waals surface area contributed by atoms with Gasteiger partial charge in [0.05, 0.1) is 19.1 Å². The van der Waals surface area contributed by atoms with Crippen LogP contribution < -0.4 is 0 Å². The first-order chi connectivity index (χ1) is 11.2. The van der Waals surface area contributed by atoms with Crippen LogP contribution in [-0.4, -0.2) is 75.9 Å². The van der Waals surface area contributed by atoms with Crippen molar-refractivity contribution in [2.75, 3.05) is 33.4 Å². The van der Waals surface area contributed by atoms with Crippen LogP contribution in [0.2, 0.25) is 0 Å². The molecule has 0 spiro atoms. The van der Waals surface area contributed by atoms with E-state index < -0.39 is 0 Å². The van der Waals surface area contributed by atoms with Crippen molar-refractivity contribution in [2.45, 2.75) is 37.9 Å². The van der Waals surface area contributed by atoms with Gasteiger partial charge in [0.2, 0.25) is 5.91 Å². The molecular weight excluding hydrogens is 294 g/mol. The molecule has 1 aromatic rings. The second-order valence-corrected chi connectivity index (χ2v) is 7.13. The summed E-state index contributed by atoms with van der Waals surface area (Å²) in [5.41, 5.74) is 0. The number of hydrogen-bond acceptors (Lipinski definition) is 5. The van der Waals surface area contributed by atoms with Crippen molar-refractivity contribution in [1.29, 1.82) is 0 Å². The molecular formula is C16H25N5O2. The minimum absolute atomic E-state index is 0.0941. The van der Waals surface area contributed by atoms with Crippen molar-refractivity contribution >= 4 is 5.91 Å². The molecule has 1 amide bonds. The van der Waals surface area contributed by atoms with Gasteiger partial charge in [-0.1, -0.05) is 0 Å². The lowest BCUT2D eigenvalue weighted by atomic mass is 9.91. The molecule has 0 aliphatic carbocycles. The number of rotatable bonds is 3. The van der Waals surface area contributed by atoms with Crippen LogP contribution in [0.4, 0.5) is 0 Å². The van der Waals surface area contributed by atoms with E-state index in [1.807, 2.05) is 4.68 Å². The van der Waals surface area contributed by atoms with Gasteiger partial charge in [0.15, 0.2) is 0 Å². The van der Waals surface area contributed by atoms with Crippen LogP contribution in [0.25, 0.3) is 0 Å². The summed E-state index contributed by atoms with van der Waals surface area (Å²) >= 11 is 0. The van der Waals surface area contributed by atoms with Crippen LogP contribution >= 0.6 is 0 Å². The molecule has 0 radical (unpaired) electrons. The summed E-state index contributed by atoms with van der Waals surface area (Å²) < 4.78 is 7.29. The topological polar surface area (TPSA) is 63.5 Å². The van der Waals surface area contributed by atoms with Gasteiger partial charge in [0.1, 0.15) is 12.7 Å². The van der Waals surface area contributed by atoms with Crippen molar-refractivity contribution < 1.29 is 9.53 Å². The van der Waals surface area contributed by atoms with Gasteiger partial charge in [-0.25, -0.2) is 4.98 Å². The first kappa shape index (κ1) is 15.1. The lowest BCUT2D eigenvalue weighted by Gasteiger charge is -2.38. The van der Waals surface area contributed by atoms with Crippen LogP contribution in [0.5, 0.6) is 0 Å². The summed E-state index contributed by atoms with van der Waals surface area (Å²) in [5, 5.41) is 4.23. The van der Waals surface area contributed by atoms with Gasteiger partial charge >= 0.3 is 0 Å². The quantitative estimate of drug-likeness (QED) is 0.798. The Labute approximate surface area is 136 Å². The molecule has 0 saturated carbocycles. The van der Waals surface area contributed by atoms with Crippen LogP contribution in [0.3, 0.4) is 0 Å². The Hall–Kier alpha value is -1.47. The smallest absolute Gasteiger partial charge is 0.228 e. The largest absolute Gasteiger partial charge is 0.381 e. The third-order valence-corrected chi connectivity index (χ3v) is 5.82.